The Labute approximate surface area is 166 Å². The fraction of sp³-hybridized carbons (Fsp3) is 0.524. The molecule has 0 bridgehead atoms. The van der Waals surface area contributed by atoms with E-state index in [0.717, 1.165) is 50.5 Å². The van der Waals surface area contributed by atoms with Crippen LogP contribution in [0, 0.1) is 0 Å². The van der Waals surface area contributed by atoms with Gasteiger partial charge < -0.3 is 14.6 Å². The quantitative estimate of drug-likeness (QED) is 0.713. The van der Waals surface area contributed by atoms with Gasteiger partial charge in [-0.3, -0.25) is 9.80 Å². The van der Waals surface area contributed by atoms with Gasteiger partial charge in [0.1, 0.15) is 5.75 Å². The van der Waals surface area contributed by atoms with E-state index in [9.17, 15) is 5.11 Å². The first-order chi connectivity index (χ1) is 13.2. The van der Waals surface area contributed by atoms with Gasteiger partial charge in [0.25, 0.3) is 0 Å². The molecule has 1 atom stereocenters. The van der Waals surface area contributed by atoms with Gasteiger partial charge in [-0.2, -0.15) is 0 Å². The van der Waals surface area contributed by atoms with Crippen LogP contribution in [-0.4, -0.2) is 61.4 Å². The molecule has 0 unspecified atom stereocenters. The van der Waals surface area contributed by atoms with Crippen molar-refractivity contribution < 1.29 is 14.6 Å². The van der Waals surface area contributed by atoms with Gasteiger partial charge in [0, 0.05) is 62.9 Å². The summed E-state index contributed by atoms with van der Waals surface area (Å²) >= 11 is 1.81. The van der Waals surface area contributed by atoms with Crippen LogP contribution in [0.2, 0.25) is 0 Å². The Morgan fingerprint density at radius 2 is 2.07 bits per heavy atom. The second-order valence-corrected chi connectivity index (χ2v) is 8.06. The minimum absolute atomic E-state index is 0.236. The summed E-state index contributed by atoms with van der Waals surface area (Å²) in [6.07, 6.45) is 0.819. The third-order valence-corrected chi connectivity index (χ3v) is 6.00. The number of thiophene rings is 1. The highest BCUT2D eigenvalue weighted by Crippen LogP contribution is 2.24. The maximum atomic E-state index is 9.52. The van der Waals surface area contributed by atoms with Crippen molar-refractivity contribution in [3.05, 3.63) is 51.7 Å². The second-order valence-electron chi connectivity index (χ2n) is 7.03. The van der Waals surface area contributed by atoms with Crippen LogP contribution in [0.4, 0.5) is 0 Å². The van der Waals surface area contributed by atoms with Gasteiger partial charge in [0.15, 0.2) is 0 Å². The lowest BCUT2D eigenvalue weighted by molar-refractivity contribution is 0.0506. The molecule has 1 aliphatic rings. The molecule has 6 heteroatoms. The lowest BCUT2D eigenvalue weighted by Gasteiger charge is -2.41. The van der Waals surface area contributed by atoms with Crippen LogP contribution in [0.3, 0.4) is 0 Å². The number of benzene rings is 1. The molecular formula is C21H30N2O3S. The molecule has 1 aromatic heterocycles. The maximum absolute atomic E-state index is 9.52. The molecule has 148 valence electrons. The first-order valence-electron chi connectivity index (χ1n) is 9.48. The van der Waals surface area contributed by atoms with E-state index < -0.39 is 0 Å². The number of hydrogen-bond donors (Lipinski definition) is 1. The molecule has 3 rings (SSSR count). The number of aliphatic hydroxyl groups excluding tert-OH is 1. The summed E-state index contributed by atoms with van der Waals surface area (Å²) in [5, 5.41) is 11.7. The molecule has 2 aromatic rings. The summed E-state index contributed by atoms with van der Waals surface area (Å²) in [5.41, 5.74) is 2.36. The van der Waals surface area contributed by atoms with E-state index in [1.165, 1.54) is 10.4 Å². The van der Waals surface area contributed by atoms with Crippen molar-refractivity contribution in [2.75, 3.05) is 40.5 Å². The van der Waals surface area contributed by atoms with E-state index in [1.807, 2.05) is 17.4 Å². The highest BCUT2D eigenvalue weighted by atomic mass is 32.1. The Kier molecular flexibility index (Phi) is 7.67. The van der Waals surface area contributed by atoms with Crippen LogP contribution in [-0.2, 0) is 24.4 Å². The van der Waals surface area contributed by atoms with Crippen molar-refractivity contribution in [2.45, 2.75) is 32.2 Å². The van der Waals surface area contributed by atoms with Gasteiger partial charge in [0.05, 0.1) is 13.7 Å². The molecule has 1 aliphatic heterocycles. The number of hydrogen-bond acceptors (Lipinski definition) is 6. The van der Waals surface area contributed by atoms with Crippen LogP contribution in [0.1, 0.15) is 22.4 Å². The fourth-order valence-corrected chi connectivity index (χ4v) is 4.52. The Bertz CT molecular complexity index is 693. The molecule has 5 nitrogen and oxygen atoms in total. The number of ether oxygens (including phenoxy) is 2. The zero-order valence-electron chi connectivity index (χ0n) is 16.3. The predicted molar refractivity (Wildman–Crippen MR) is 109 cm³/mol. The van der Waals surface area contributed by atoms with Crippen molar-refractivity contribution in [1.29, 1.82) is 0 Å². The number of nitrogens with zero attached hydrogens (tertiary/aromatic N) is 2. The van der Waals surface area contributed by atoms with Gasteiger partial charge in [-0.25, -0.2) is 0 Å². The van der Waals surface area contributed by atoms with E-state index >= 15 is 0 Å². The van der Waals surface area contributed by atoms with Crippen molar-refractivity contribution in [3.8, 4) is 5.75 Å². The van der Waals surface area contributed by atoms with Gasteiger partial charge in [-0.15, -0.1) is 11.3 Å². The summed E-state index contributed by atoms with van der Waals surface area (Å²) in [5.74, 6) is 0.875. The smallest absolute Gasteiger partial charge is 0.124 e. The topological polar surface area (TPSA) is 45.2 Å². The van der Waals surface area contributed by atoms with Gasteiger partial charge >= 0.3 is 0 Å². The van der Waals surface area contributed by atoms with Crippen molar-refractivity contribution in [2.24, 2.45) is 0 Å². The van der Waals surface area contributed by atoms with E-state index in [0.29, 0.717) is 12.6 Å². The SMILES string of the molecule is COCc1cc(CN2CCN(Cc3cccs3)[C@@H](CCO)C2)ccc1OC. The largest absolute Gasteiger partial charge is 0.496 e. The summed E-state index contributed by atoms with van der Waals surface area (Å²) in [6.45, 7) is 5.74. The molecule has 0 spiro atoms. The number of methoxy groups -OCH3 is 2. The summed E-state index contributed by atoms with van der Waals surface area (Å²) in [4.78, 5) is 6.40. The third kappa shape index (κ3) is 5.53. The zero-order chi connectivity index (χ0) is 19.1. The molecule has 1 saturated heterocycles. The van der Waals surface area contributed by atoms with Crippen molar-refractivity contribution in [1.82, 2.24) is 9.80 Å². The third-order valence-electron chi connectivity index (χ3n) is 5.14. The van der Waals surface area contributed by atoms with Crippen LogP contribution < -0.4 is 4.74 Å². The standard InChI is InChI=1S/C21H30N2O3S/c1-25-16-18-12-17(5-6-21(18)26-2)13-22-8-9-23(19(14-22)7-10-24)15-20-4-3-11-27-20/h3-6,11-12,19,24H,7-10,13-16H2,1-2H3/t19-/m0/s1. The number of rotatable bonds is 9. The molecule has 1 fully saturated rings. The van der Waals surface area contributed by atoms with Crippen LogP contribution in [0.15, 0.2) is 35.7 Å². The fourth-order valence-electron chi connectivity index (χ4n) is 3.79. The highest BCUT2D eigenvalue weighted by molar-refractivity contribution is 7.09. The zero-order valence-corrected chi connectivity index (χ0v) is 17.1. The summed E-state index contributed by atoms with van der Waals surface area (Å²) in [6, 6.07) is 11.0. The summed E-state index contributed by atoms with van der Waals surface area (Å²) < 4.78 is 10.7. The van der Waals surface area contributed by atoms with Crippen molar-refractivity contribution >= 4 is 11.3 Å². The van der Waals surface area contributed by atoms with E-state index in [4.69, 9.17) is 9.47 Å². The molecule has 0 aliphatic carbocycles. The molecule has 0 saturated carbocycles. The Morgan fingerprint density at radius 1 is 1.19 bits per heavy atom. The van der Waals surface area contributed by atoms with Gasteiger partial charge in [-0.1, -0.05) is 12.1 Å². The van der Waals surface area contributed by atoms with Gasteiger partial charge in [-0.05, 0) is 35.6 Å². The maximum Gasteiger partial charge on any atom is 0.124 e. The van der Waals surface area contributed by atoms with E-state index in [1.54, 1.807) is 14.2 Å². The lowest BCUT2D eigenvalue weighted by atomic mass is 10.1. The first-order valence-corrected chi connectivity index (χ1v) is 10.4. The minimum Gasteiger partial charge on any atom is -0.496 e. The number of aliphatic hydroxyl groups is 1. The van der Waals surface area contributed by atoms with Crippen LogP contribution in [0.25, 0.3) is 0 Å². The molecule has 0 amide bonds. The molecule has 2 heterocycles. The lowest BCUT2D eigenvalue weighted by Crippen LogP contribution is -2.52. The molecule has 1 aromatic carbocycles. The van der Waals surface area contributed by atoms with E-state index in [-0.39, 0.29) is 6.61 Å². The molecule has 27 heavy (non-hydrogen) atoms. The normalized spacial score (nSPS) is 18.7. The minimum atomic E-state index is 0.236. The highest BCUT2D eigenvalue weighted by Gasteiger charge is 2.27. The molecular weight excluding hydrogens is 360 g/mol. The first kappa shape index (κ1) is 20.3. The molecule has 0 radical (unpaired) electrons. The van der Waals surface area contributed by atoms with Crippen molar-refractivity contribution in [3.63, 3.8) is 0 Å². The van der Waals surface area contributed by atoms with Crippen LogP contribution in [0.5, 0.6) is 5.75 Å². The summed E-state index contributed by atoms with van der Waals surface area (Å²) in [7, 11) is 3.40. The van der Waals surface area contributed by atoms with Gasteiger partial charge in [0.2, 0.25) is 0 Å². The van der Waals surface area contributed by atoms with E-state index in [2.05, 4.69) is 39.4 Å². The average molecular weight is 391 g/mol. The Hall–Kier alpha value is -1.44. The molecule has 1 N–H and O–H groups in total. The predicted octanol–water partition coefficient (Wildman–Crippen LogP) is 2.97. The average Bonchev–Trinajstić information content (AvgIpc) is 3.18. The Balaban J connectivity index is 1.63. The monoisotopic (exact) mass is 390 g/mol. The number of piperazine rings is 1. The Morgan fingerprint density at radius 3 is 2.78 bits per heavy atom. The second kappa shape index (κ2) is 10.2. The van der Waals surface area contributed by atoms with Crippen LogP contribution >= 0.6 is 11.3 Å².